The number of likely N-dealkylation sites (tertiary alicyclic amines) is 1. The van der Waals surface area contributed by atoms with Crippen molar-refractivity contribution < 1.29 is 9.59 Å². The smallest absolute Gasteiger partial charge is 0.345 e. The molecule has 1 saturated heterocycles. The van der Waals surface area contributed by atoms with E-state index in [1.165, 1.54) is 0 Å². The average molecular weight is 362 g/mol. The Morgan fingerprint density at radius 1 is 1.31 bits per heavy atom. The summed E-state index contributed by atoms with van der Waals surface area (Å²) in [6, 6.07) is 0. The van der Waals surface area contributed by atoms with E-state index in [4.69, 9.17) is 0 Å². The predicted molar refractivity (Wildman–Crippen MR) is 99.9 cm³/mol. The summed E-state index contributed by atoms with van der Waals surface area (Å²) in [7, 11) is 1.79. The second-order valence-corrected chi connectivity index (χ2v) is 8.25. The molecule has 1 atom stereocenters. The summed E-state index contributed by atoms with van der Waals surface area (Å²) >= 11 is 0. The van der Waals surface area contributed by atoms with Crippen LogP contribution in [0.15, 0.2) is 4.79 Å². The maximum absolute atomic E-state index is 12.5. The number of nitrogens with one attached hydrogen (secondary N) is 1. The first-order valence-corrected chi connectivity index (χ1v) is 9.10. The van der Waals surface area contributed by atoms with E-state index in [0.29, 0.717) is 38.0 Å². The molecule has 0 aliphatic carbocycles. The molecule has 1 aliphatic heterocycles. The first kappa shape index (κ1) is 20.1. The number of aromatic amines is 1. The van der Waals surface area contributed by atoms with E-state index in [0.717, 1.165) is 11.3 Å². The number of carbonyl (C=O) groups excluding carboxylic acids is 2. The zero-order valence-electron chi connectivity index (χ0n) is 16.7. The molecular formula is C19H30N4O3. The van der Waals surface area contributed by atoms with Crippen LogP contribution < -0.4 is 5.69 Å². The molecule has 0 spiro atoms. The van der Waals surface area contributed by atoms with Gasteiger partial charge in [0, 0.05) is 55.8 Å². The fraction of sp³-hybridized carbons (Fsp3) is 0.684. The van der Waals surface area contributed by atoms with Crippen LogP contribution in [0.1, 0.15) is 50.6 Å². The average Bonchev–Trinajstić information content (AvgIpc) is 2.86. The van der Waals surface area contributed by atoms with Crippen molar-refractivity contribution in [3.63, 3.8) is 0 Å². The molecule has 144 valence electrons. The second kappa shape index (κ2) is 7.60. The van der Waals surface area contributed by atoms with E-state index >= 15 is 0 Å². The molecule has 7 nitrogen and oxygen atoms in total. The Bertz CT molecular complexity index is 722. The first-order chi connectivity index (χ1) is 12.0. The number of aromatic nitrogens is 2. The Morgan fingerprint density at radius 3 is 2.50 bits per heavy atom. The summed E-state index contributed by atoms with van der Waals surface area (Å²) in [4.78, 5) is 46.2. The van der Waals surface area contributed by atoms with Crippen molar-refractivity contribution in [2.45, 2.75) is 59.4 Å². The fourth-order valence-electron chi connectivity index (χ4n) is 3.59. The lowest BCUT2D eigenvalue weighted by atomic mass is 10.0. The van der Waals surface area contributed by atoms with Crippen LogP contribution in [0.2, 0.25) is 0 Å². The fourth-order valence-corrected chi connectivity index (χ4v) is 3.59. The number of amides is 2. The molecule has 1 aromatic rings. The Hall–Kier alpha value is -2.18. The summed E-state index contributed by atoms with van der Waals surface area (Å²) in [6.45, 7) is 11.0. The van der Waals surface area contributed by atoms with Gasteiger partial charge in [-0.3, -0.25) is 9.59 Å². The standard InChI is InChI=1S/C19H30N4O3/c1-12-15(13(2)21-18(26)20-12)7-8-16(24)22(6)10-14-9-17(25)23(11-14)19(3,4)5/h14H,7-11H2,1-6H3,(H,20,21,26). The molecule has 1 fully saturated rings. The van der Waals surface area contributed by atoms with Crippen LogP contribution in [-0.4, -0.2) is 57.3 Å². The first-order valence-electron chi connectivity index (χ1n) is 9.10. The molecule has 1 aromatic heterocycles. The van der Waals surface area contributed by atoms with Crippen molar-refractivity contribution in [3.05, 3.63) is 27.4 Å². The third kappa shape index (κ3) is 4.71. The lowest BCUT2D eigenvalue weighted by Crippen LogP contribution is -2.43. The Balaban J connectivity index is 1.91. The van der Waals surface area contributed by atoms with E-state index in [-0.39, 0.29) is 29.0 Å². The van der Waals surface area contributed by atoms with Crippen LogP contribution in [0, 0.1) is 19.8 Å². The van der Waals surface area contributed by atoms with E-state index in [2.05, 4.69) is 9.97 Å². The van der Waals surface area contributed by atoms with Gasteiger partial charge in [-0.25, -0.2) is 4.79 Å². The van der Waals surface area contributed by atoms with Gasteiger partial charge in [-0.2, -0.15) is 4.98 Å². The van der Waals surface area contributed by atoms with Gasteiger partial charge < -0.3 is 14.8 Å². The van der Waals surface area contributed by atoms with Gasteiger partial charge in [-0.1, -0.05) is 0 Å². The van der Waals surface area contributed by atoms with Crippen LogP contribution >= 0.6 is 0 Å². The normalized spacial score (nSPS) is 17.7. The molecule has 0 saturated carbocycles. The van der Waals surface area contributed by atoms with E-state index in [1.54, 1.807) is 18.9 Å². The second-order valence-electron chi connectivity index (χ2n) is 8.25. The minimum atomic E-state index is -0.360. The summed E-state index contributed by atoms with van der Waals surface area (Å²) in [5, 5.41) is 0. The van der Waals surface area contributed by atoms with Crippen molar-refractivity contribution in [1.82, 2.24) is 19.8 Å². The molecule has 2 amide bonds. The quantitative estimate of drug-likeness (QED) is 0.858. The van der Waals surface area contributed by atoms with Crippen LogP contribution in [0.5, 0.6) is 0 Å². The molecule has 0 aromatic carbocycles. The minimum Gasteiger partial charge on any atom is -0.345 e. The van der Waals surface area contributed by atoms with Crippen LogP contribution in [0.4, 0.5) is 0 Å². The number of carbonyl (C=O) groups is 2. The number of nitrogens with zero attached hydrogens (tertiary/aromatic N) is 3. The van der Waals surface area contributed by atoms with Gasteiger partial charge in [0.05, 0.1) is 0 Å². The number of hydrogen-bond acceptors (Lipinski definition) is 4. The van der Waals surface area contributed by atoms with Gasteiger partial charge in [-0.15, -0.1) is 0 Å². The van der Waals surface area contributed by atoms with Gasteiger partial charge in [0.15, 0.2) is 0 Å². The molecule has 26 heavy (non-hydrogen) atoms. The van der Waals surface area contributed by atoms with E-state index in [1.807, 2.05) is 32.6 Å². The van der Waals surface area contributed by atoms with Crippen molar-refractivity contribution >= 4 is 11.8 Å². The Kier molecular flexibility index (Phi) is 5.88. The molecule has 7 heteroatoms. The van der Waals surface area contributed by atoms with Gasteiger partial charge in [0.2, 0.25) is 11.8 Å². The van der Waals surface area contributed by atoms with Gasteiger partial charge in [-0.05, 0) is 46.6 Å². The molecule has 0 radical (unpaired) electrons. The van der Waals surface area contributed by atoms with E-state index < -0.39 is 0 Å². The molecule has 1 N–H and O–H groups in total. The zero-order valence-corrected chi connectivity index (χ0v) is 16.7. The molecular weight excluding hydrogens is 332 g/mol. The monoisotopic (exact) mass is 362 g/mol. The van der Waals surface area contributed by atoms with Crippen LogP contribution in [0.3, 0.4) is 0 Å². The Morgan fingerprint density at radius 2 is 1.96 bits per heavy atom. The van der Waals surface area contributed by atoms with Crippen molar-refractivity contribution in [2.75, 3.05) is 20.1 Å². The van der Waals surface area contributed by atoms with Crippen LogP contribution in [0.25, 0.3) is 0 Å². The highest BCUT2D eigenvalue weighted by Gasteiger charge is 2.36. The highest BCUT2D eigenvalue weighted by atomic mass is 16.2. The molecule has 2 rings (SSSR count). The number of aryl methyl sites for hydroxylation is 2. The third-order valence-corrected chi connectivity index (χ3v) is 5.01. The summed E-state index contributed by atoms with van der Waals surface area (Å²) in [6.07, 6.45) is 1.40. The largest absolute Gasteiger partial charge is 0.345 e. The minimum absolute atomic E-state index is 0.0386. The lowest BCUT2D eigenvalue weighted by Gasteiger charge is -2.32. The molecule has 1 unspecified atom stereocenters. The number of hydrogen-bond donors (Lipinski definition) is 1. The predicted octanol–water partition coefficient (Wildman–Crippen LogP) is 1.42. The van der Waals surface area contributed by atoms with Gasteiger partial charge in [0.25, 0.3) is 0 Å². The maximum atomic E-state index is 12.5. The maximum Gasteiger partial charge on any atom is 0.345 e. The summed E-state index contributed by atoms with van der Waals surface area (Å²) in [5.41, 5.74) is 1.81. The van der Waals surface area contributed by atoms with Crippen LogP contribution in [-0.2, 0) is 16.0 Å². The van der Waals surface area contributed by atoms with Crippen molar-refractivity contribution in [2.24, 2.45) is 5.92 Å². The third-order valence-electron chi connectivity index (χ3n) is 5.01. The highest BCUT2D eigenvalue weighted by molar-refractivity contribution is 5.80. The number of H-pyrrole nitrogens is 1. The molecule has 2 heterocycles. The lowest BCUT2D eigenvalue weighted by molar-refractivity contribution is -0.132. The zero-order chi connectivity index (χ0) is 19.6. The summed E-state index contributed by atoms with van der Waals surface area (Å²) in [5.74, 6) is 0.375. The molecule has 0 bridgehead atoms. The van der Waals surface area contributed by atoms with Crippen molar-refractivity contribution in [3.8, 4) is 0 Å². The van der Waals surface area contributed by atoms with Gasteiger partial charge in [0.1, 0.15) is 0 Å². The molecule has 1 aliphatic rings. The van der Waals surface area contributed by atoms with E-state index in [9.17, 15) is 14.4 Å². The number of rotatable bonds is 5. The Labute approximate surface area is 154 Å². The van der Waals surface area contributed by atoms with Crippen molar-refractivity contribution in [1.29, 1.82) is 0 Å². The summed E-state index contributed by atoms with van der Waals surface area (Å²) < 4.78 is 0. The highest BCUT2D eigenvalue weighted by Crippen LogP contribution is 2.26. The van der Waals surface area contributed by atoms with Gasteiger partial charge >= 0.3 is 5.69 Å². The SMILES string of the molecule is Cc1nc(=O)[nH]c(C)c1CCC(=O)N(C)CC1CC(=O)N(C(C)(C)C)C1. The topological polar surface area (TPSA) is 86.4 Å².